The molecule has 0 radical (unpaired) electrons. The predicted octanol–water partition coefficient (Wildman–Crippen LogP) is 2.72. The normalized spacial score (nSPS) is 11.7. The summed E-state index contributed by atoms with van der Waals surface area (Å²) in [6.45, 7) is 0. The Hall–Kier alpha value is -3.06. The first-order valence-electron chi connectivity index (χ1n) is 7.47. The van der Waals surface area contributed by atoms with Crippen molar-refractivity contribution in [2.45, 2.75) is 4.90 Å². The summed E-state index contributed by atoms with van der Waals surface area (Å²) in [4.78, 5) is 20.7. The maximum absolute atomic E-state index is 11.5. The maximum Gasteiger partial charge on any atom is 0.248 e. The van der Waals surface area contributed by atoms with Crippen LogP contribution in [0.15, 0.2) is 65.7 Å². The largest absolute Gasteiger partial charge is 0.366 e. The van der Waals surface area contributed by atoms with Crippen LogP contribution in [-0.4, -0.2) is 26.3 Å². The molecule has 6 nitrogen and oxygen atoms in total. The molecule has 25 heavy (non-hydrogen) atoms. The lowest BCUT2D eigenvalue weighted by molar-refractivity contribution is 0.100. The van der Waals surface area contributed by atoms with Gasteiger partial charge in [-0.25, -0.2) is 9.97 Å². The van der Waals surface area contributed by atoms with Crippen LogP contribution < -0.4 is 11.1 Å². The van der Waals surface area contributed by atoms with Gasteiger partial charge in [-0.3, -0.25) is 9.00 Å². The minimum atomic E-state index is -1.01. The summed E-state index contributed by atoms with van der Waals surface area (Å²) >= 11 is 0. The highest BCUT2D eigenvalue weighted by atomic mass is 32.2. The number of amides is 1. The Bertz CT molecular complexity index is 942. The van der Waals surface area contributed by atoms with E-state index in [1.54, 1.807) is 42.8 Å². The highest BCUT2D eigenvalue weighted by molar-refractivity contribution is 7.84. The molecule has 1 aromatic heterocycles. The molecule has 3 rings (SSSR count). The molecule has 0 fully saturated rings. The van der Waals surface area contributed by atoms with Gasteiger partial charge in [0.2, 0.25) is 11.9 Å². The zero-order valence-electron chi connectivity index (χ0n) is 13.5. The zero-order chi connectivity index (χ0) is 17.8. The lowest BCUT2D eigenvalue weighted by atomic mass is 10.1. The third kappa shape index (κ3) is 4.07. The Labute approximate surface area is 147 Å². The first-order chi connectivity index (χ1) is 12.0. The number of nitrogens with zero attached hydrogens (tertiary/aromatic N) is 2. The highest BCUT2D eigenvalue weighted by Gasteiger charge is 2.06. The standard InChI is InChI=1S/C18H16N4O2S/c1-25(24)15-7-5-12(6-8-15)16-9-10-20-18(22-16)21-14-4-2-3-13(11-14)17(19)23/h2-11H,1H3,(H2,19,23)(H,20,21,22). The second-order valence-electron chi connectivity index (χ2n) is 5.31. The Balaban J connectivity index is 1.85. The lowest BCUT2D eigenvalue weighted by Crippen LogP contribution is -2.11. The molecule has 7 heteroatoms. The van der Waals surface area contributed by atoms with Crippen molar-refractivity contribution in [3.8, 4) is 11.3 Å². The van der Waals surface area contributed by atoms with E-state index in [4.69, 9.17) is 5.73 Å². The van der Waals surface area contributed by atoms with E-state index >= 15 is 0 Å². The van der Waals surface area contributed by atoms with Crippen LogP contribution in [-0.2, 0) is 10.8 Å². The summed E-state index contributed by atoms with van der Waals surface area (Å²) in [6, 6.07) is 16.0. The van der Waals surface area contributed by atoms with Crippen LogP contribution in [0, 0.1) is 0 Å². The van der Waals surface area contributed by atoms with Crippen LogP contribution in [0.4, 0.5) is 11.6 Å². The molecular formula is C18H16N4O2S. The molecule has 3 aromatic rings. The molecule has 0 saturated heterocycles. The molecule has 1 unspecified atom stereocenters. The molecule has 1 atom stereocenters. The SMILES string of the molecule is CS(=O)c1ccc(-c2ccnc(Nc3cccc(C(N)=O)c3)n2)cc1. The van der Waals surface area contributed by atoms with E-state index in [1.165, 1.54) is 0 Å². The van der Waals surface area contributed by atoms with E-state index in [9.17, 15) is 9.00 Å². The Morgan fingerprint density at radius 3 is 2.56 bits per heavy atom. The first kappa shape index (κ1) is 16.8. The lowest BCUT2D eigenvalue weighted by Gasteiger charge is -2.08. The van der Waals surface area contributed by atoms with Crippen molar-refractivity contribution in [2.24, 2.45) is 5.73 Å². The summed E-state index contributed by atoms with van der Waals surface area (Å²) in [5.74, 6) is -0.0889. The van der Waals surface area contributed by atoms with Gasteiger partial charge in [0.05, 0.1) is 5.69 Å². The minimum absolute atomic E-state index is 0.405. The fourth-order valence-corrected chi connectivity index (χ4v) is 2.80. The van der Waals surface area contributed by atoms with Gasteiger partial charge in [-0.2, -0.15) is 0 Å². The van der Waals surface area contributed by atoms with Crippen molar-refractivity contribution in [2.75, 3.05) is 11.6 Å². The average molecular weight is 352 g/mol. The number of primary amides is 1. The first-order valence-corrected chi connectivity index (χ1v) is 9.02. The van der Waals surface area contributed by atoms with E-state index in [2.05, 4.69) is 15.3 Å². The van der Waals surface area contributed by atoms with Gasteiger partial charge in [-0.05, 0) is 36.4 Å². The molecule has 1 heterocycles. The van der Waals surface area contributed by atoms with Gasteiger partial charge in [0, 0.05) is 45.0 Å². The van der Waals surface area contributed by atoms with Gasteiger partial charge in [0.25, 0.3) is 0 Å². The molecule has 0 aliphatic rings. The molecule has 0 bridgehead atoms. The Kier molecular flexibility index (Phi) is 4.85. The second-order valence-corrected chi connectivity index (χ2v) is 6.69. The summed E-state index contributed by atoms with van der Waals surface area (Å²) in [5, 5.41) is 3.06. The van der Waals surface area contributed by atoms with Crippen LogP contribution in [0.1, 0.15) is 10.4 Å². The highest BCUT2D eigenvalue weighted by Crippen LogP contribution is 2.21. The van der Waals surface area contributed by atoms with E-state index in [0.29, 0.717) is 17.2 Å². The summed E-state index contributed by atoms with van der Waals surface area (Å²) in [5.41, 5.74) is 8.00. The molecule has 0 spiro atoms. The zero-order valence-corrected chi connectivity index (χ0v) is 14.3. The number of nitrogens with two attached hydrogens (primary N) is 1. The van der Waals surface area contributed by atoms with E-state index < -0.39 is 16.7 Å². The number of carbonyl (C=O) groups is 1. The molecule has 126 valence electrons. The molecule has 0 aliphatic heterocycles. The molecule has 1 amide bonds. The molecule has 2 aromatic carbocycles. The third-order valence-corrected chi connectivity index (χ3v) is 4.48. The van der Waals surface area contributed by atoms with Gasteiger partial charge < -0.3 is 11.1 Å². The second kappa shape index (κ2) is 7.23. The number of hydrogen-bond acceptors (Lipinski definition) is 5. The number of carbonyl (C=O) groups excluding carboxylic acids is 1. The van der Waals surface area contributed by atoms with Gasteiger partial charge in [0.15, 0.2) is 0 Å². The van der Waals surface area contributed by atoms with Crippen LogP contribution in [0.25, 0.3) is 11.3 Å². The number of nitrogens with one attached hydrogen (secondary N) is 1. The number of anilines is 2. The summed E-state index contributed by atoms with van der Waals surface area (Å²) in [7, 11) is -1.01. The van der Waals surface area contributed by atoms with E-state index in [-0.39, 0.29) is 0 Å². The topological polar surface area (TPSA) is 98.0 Å². The Morgan fingerprint density at radius 1 is 1.12 bits per heavy atom. The monoisotopic (exact) mass is 352 g/mol. The van der Waals surface area contributed by atoms with Crippen LogP contribution in [0.5, 0.6) is 0 Å². The van der Waals surface area contributed by atoms with Gasteiger partial charge in [-0.1, -0.05) is 18.2 Å². The Morgan fingerprint density at radius 2 is 1.88 bits per heavy atom. The number of benzene rings is 2. The third-order valence-electron chi connectivity index (χ3n) is 3.54. The van der Waals surface area contributed by atoms with Crippen molar-refractivity contribution in [1.82, 2.24) is 9.97 Å². The minimum Gasteiger partial charge on any atom is -0.366 e. The predicted molar refractivity (Wildman–Crippen MR) is 98.0 cm³/mol. The fraction of sp³-hybridized carbons (Fsp3) is 0.0556. The fourth-order valence-electron chi connectivity index (χ4n) is 2.28. The van der Waals surface area contributed by atoms with Crippen molar-refractivity contribution >= 4 is 28.3 Å². The number of aromatic nitrogens is 2. The van der Waals surface area contributed by atoms with E-state index in [0.717, 1.165) is 16.2 Å². The molecule has 0 saturated carbocycles. The van der Waals surface area contributed by atoms with E-state index in [1.807, 2.05) is 24.3 Å². The molecule has 0 aliphatic carbocycles. The van der Waals surface area contributed by atoms with Gasteiger partial charge in [0.1, 0.15) is 0 Å². The molecular weight excluding hydrogens is 336 g/mol. The maximum atomic E-state index is 11.5. The number of rotatable bonds is 5. The van der Waals surface area contributed by atoms with Crippen molar-refractivity contribution in [1.29, 1.82) is 0 Å². The van der Waals surface area contributed by atoms with Gasteiger partial charge >= 0.3 is 0 Å². The smallest absolute Gasteiger partial charge is 0.248 e. The average Bonchev–Trinajstić information content (AvgIpc) is 2.62. The van der Waals surface area contributed by atoms with Crippen molar-refractivity contribution in [3.63, 3.8) is 0 Å². The van der Waals surface area contributed by atoms with Gasteiger partial charge in [-0.15, -0.1) is 0 Å². The molecule has 3 N–H and O–H groups in total. The summed E-state index contributed by atoms with van der Waals surface area (Å²) < 4.78 is 11.5. The van der Waals surface area contributed by atoms with Crippen molar-refractivity contribution < 1.29 is 9.00 Å². The van der Waals surface area contributed by atoms with Crippen LogP contribution in [0.2, 0.25) is 0 Å². The quantitative estimate of drug-likeness (QED) is 0.736. The summed E-state index contributed by atoms with van der Waals surface area (Å²) in [6.07, 6.45) is 3.29. The van der Waals surface area contributed by atoms with Crippen molar-refractivity contribution in [3.05, 3.63) is 66.4 Å². The van der Waals surface area contributed by atoms with Crippen LogP contribution >= 0.6 is 0 Å². The number of hydrogen-bond donors (Lipinski definition) is 2. The van der Waals surface area contributed by atoms with Crippen LogP contribution in [0.3, 0.4) is 0 Å².